The average molecular weight is 473 g/mol. The number of hydrogen-bond donors (Lipinski definition) is 4. The maximum absolute atomic E-state index is 4.75. The van der Waals surface area contributed by atoms with Gasteiger partial charge in [-0.2, -0.15) is 0 Å². The van der Waals surface area contributed by atoms with Crippen molar-refractivity contribution >= 4 is 28.4 Å². The summed E-state index contributed by atoms with van der Waals surface area (Å²) in [6, 6.07) is 11.1. The highest BCUT2D eigenvalue weighted by atomic mass is 15.5. The molecule has 3 atom stereocenters. The summed E-state index contributed by atoms with van der Waals surface area (Å²) in [5, 5.41) is 9.09. The Labute approximate surface area is 207 Å². The number of rotatable bonds is 8. The number of anilines is 2. The van der Waals surface area contributed by atoms with E-state index in [1.165, 1.54) is 29.5 Å². The second kappa shape index (κ2) is 9.60. The molecule has 1 aromatic carbocycles. The fourth-order valence-electron chi connectivity index (χ4n) is 5.49. The molecular formula is C27H36N8. The number of nitrogens with one attached hydrogen (secondary N) is 4. The van der Waals surface area contributed by atoms with Gasteiger partial charge in [0.2, 0.25) is 5.95 Å². The van der Waals surface area contributed by atoms with Crippen LogP contribution in [0.5, 0.6) is 0 Å². The predicted molar refractivity (Wildman–Crippen MR) is 141 cm³/mol. The third-order valence-electron chi connectivity index (χ3n) is 7.87. The molecule has 1 saturated carbocycles. The molecule has 6 rings (SSSR count). The first kappa shape index (κ1) is 22.5. The highest BCUT2D eigenvalue weighted by molar-refractivity contribution is 5.83. The summed E-state index contributed by atoms with van der Waals surface area (Å²) in [6.07, 6.45) is 6.83. The monoisotopic (exact) mass is 472 g/mol. The Morgan fingerprint density at radius 1 is 1.14 bits per heavy atom. The van der Waals surface area contributed by atoms with Crippen LogP contribution in [0.1, 0.15) is 43.9 Å². The van der Waals surface area contributed by atoms with Crippen LogP contribution in [0.25, 0.3) is 16.6 Å². The van der Waals surface area contributed by atoms with E-state index in [2.05, 4.69) is 86.3 Å². The molecule has 184 valence electrons. The van der Waals surface area contributed by atoms with Crippen molar-refractivity contribution in [3.63, 3.8) is 0 Å². The van der Waals surface area contributed by atoms with E-state index in [1.54, 1.807) is 0 Å². The van der Waals surface area contributed by atoms with Gasteiger partial charge in [-0.3, -0.25) is 4.90 Å². The van der Waals surface area contributed by atoms with Crippen molar-refractivity contribution in [3.05, 3.63) is 53.9 Å². The highest BCUT2D eigenvalue weighted by Crippen LogP contribution is 2.41. The minimum Gasteiger partial charge on any atom is -0.324 e. The minimum absolute atomic E-state index is 0.361. The van der Waals surface area contributed by atoms with E-state index in [0.717, 1.165) is 73.9 Å². The van der Waals surface area contributed by atoms with Crippen LogP contribution in [-0.4, -0.2) is 64.1 Å². The maximum atomic E-state index is 4.75. The largest absolute Gasteiger partial charge is 0.324 e. The number of H-pyrrole nitrogens is 1. The first-order chi connectivity index (χ1) is 17.2. The lowest BCUT2D eigenvalue weighted by Crippen LogP contribution is -2.44. The van der Waals surface area contributed by atoms with Crippen LogP contribution in [0.2, 0.25) is 0 Å². The zero-order valence-electron chi connectivity index (χ0n) is 20.7. The van der Waals surface area contributed by atoms with Crippen LogP contribution in [0.4, 0.5) is 11.8 Å². The Morgan fingerprint density at radius 3 is 2.86 bits per heavy atom. The van der Waals surface area contributed by atoms with Gasteiger partial charge >= 0.3 is 0 Å². The quantitative estimate of drug-likeness (QED) is 0.396. The van der Waals surface area contributed by atoms with Crippen molar-refractivity contribution in [2.45, 2.75) is 32.7 Å². The van der Waals surface area contributed by atoms with Gasteiger partial charge in [0.15, 0.2) is 0 Å². The summed E-state index contributed by atoms with van der Waals surface area (Å²) in [5.74, 6) is 3.30. The second-order valence-electron chi connectivity index (χ2n) is 10.2. The number of pyridine rings is 1. The van der Waals surface area contributed by atoms with Gasteiger partial charge in [-0.15, -0.1) is 0 Å². The number of fused-ring (bicyclic) bond motifs is 1. The van der Waals surface area contributed by atoms with Crippen molar-refractivity contribution in [1.29, 1.82) is 0 Å². The Hall–Kier alpha value is -2.94. The van der Waals surface area contributed by atoms with E-state index in [-0.39, 0.29) is 0 Å². The third kappa shape index (κ3) is 4.91. The summed E-state index contributed by atoms with van der Waals surface area (Å²) < 4.78 is 0. The minimum atomic E-state index is 0.361. The van der Waals surface area contributed by atoms with Crippen molar-refractivity contribution in [2.24, 2.45) is 11.8 Å². The molecule has 2 fully saturated rings. The summed E-state index contributed by atoms with van der Waals surface area (Å²) >= 11 is 0. The molecule has 3 aliphatic rings. The fraction of sp³-hybridized carbons (Fsp3) is 0.481. The van der Waals surface area contributed by atoms with Gasteiger partial charge in [-0.1, -0.05) is 19.4 Å². The smallest absolute Gasteiger partial charge is 0.206 e. The van der Waals surface area contributed by atoms with Crippen LogP contribution in [0.3, 0.4) is 0 Å². The predicted octanol–water partition coefficient (Wildman–Crippen LogP) is 3.87. The Morgan fingerprint density at radius 2 is 2.03 bits per heavy atom. The molecule has 2 aromatic heterocycles. The van der Waals surface area contributed by atoms with Gasteiger partial charge in [-0.25, -0.2) is 15.4 Å². The van der Waals surface area contributed by atoms with Gasteiger partial charge in [0.05, 0.1) is 11.0 Å². The first-order valence-corrected chi connectivity index (χ1v) is 13.0. The number of piperazine rings is 1. The molecular weight excluding hydrogens is 436 g/mol. The SMILES string of the molecule is CCC1CC1CN1C=C(c2ccc3nc(Nc4cc(C(C)N5CCNCC5)ccn4)[nH]c3c2)CN1. The first-order valence-electron chi connectivity index (χ1n) is 13.0. The number of aromatic nitrogens is 3. The maximum Gasteiger partial charge on any atom is 0.206 e. The number of hydrazine groups is 1. The summed E-state index contributed by atoms with van der Waals surface area (Å²) in [4.78, 5) is 15.2. The Balaban J connectivity index is 1.14. The van der Waals surface area contributed by atoms with E-state index in [4.69, 9.17) is 4.98 Å². The van der Waals surface area contributed by atoms with Gasteiger partial charge in [0.1, 0.15) is 5.82 Å². The molecule has 35 heavy (non-hydrogen) atoms. The molecule has 0 bridgehead atoms. The zero-order chi connectivity index (χ0) is 23.8. The van der Waals surface area contributed by atoms with Crippen LogP contribution in [0.15, 0.2) is 42.7 Å². The molecule has 4 N–H and O–H groups in total. The molecule has 0 amide bonds. The molecule has 2 aliphatic heterocycles. The van der Waals surface area contributed by atoms with Crippen LogP contribution >= 0.6 is 0 Å². The molecule has 8 nitrogen and oxygen atoms in total. The topological polar surface area (TPSA) is 84.1 Å². The van der Waals surface area contributed by atoms with Crippen LogP contribution in [-0.2, 0) is 0 Å². The number of imidazole rings is 1. The Bertz CT molecular complexity index is 1210. The average Bonchev–Trinajstić information content (AvgIpc) is 3.27. The summed E-state index contributed by atoms with van der Waals surface area (Å²) in [5.41, 5.74) is 9.34. The van der Waals surface area contributed by atoms with Gasteiger partial charge < -0.3 is 20.6 Å². The molecule has 0 spiro atoms. The number of nitrogens with zero attached hydrogens (tertiary/aromatic N) is 4. The van der Waals surface area contributed by atoms with Crippen LogP contribution < -0.4 is 16.1 Å². The van der Waals surface area contributed by atoms with E-state index in [9.17, 15) is 0 Å². The van der Waals surface area contributed by atoms with Crippen molar-refractivity contribution in [2.75, 3.05) is 44.6 Å². The highest BCUT2D eigenvalue weighted by Gasteiger charge is 2.36. The molecule has 1 aliphatic carbocycles. The summed E-state index contributed by atoms with van der Waals surface area (Å²) in [7, 11) is 0. The van der Waals surface area contributed by atoms with E-state index in [0.29, 0.717) is 6.04 Å². The number of hydrogen-bond acceptors (Lipinski definition) is 7. The molecule has 8 heteroatoms. The lowest BCUT2D eigenvalue weighted by atomic mass is 10.1. The van der Waals surface area contributed by atoms with Crippen molar-refractivity contribution < 1.29 is 0 Å². The molecule has 4 heterocycles. The van der Waals surface area contributed by atoms with Gasteiger partial charge in [-0.05, 0) is 66.1 Å². The zero-order valence-corrected chi connectivity index (χ0v) is 20.7. The molecule has 1 saturated heterocycles. The number of benzene rings is 1. The normalized spacial score (nSPS) is 23.5. The van der Waals surface area contributed by atoms with Gasteiger partial charge in [0.25, 0.3) is 0 Å². The standard InChI is InChI=1S/C27H36N8/c1-3-19-12-22(19)16-35-17-23(15-30-35)21-4-5-24-25(13-21)32-27(31-24)33-26-14-20(6-7-29-26)18(2)34-10-8-28-9-11-34/h4-7,13-14,17-19,22,28,30H,3,8-12,15-16H2,1-2H3,(H2,29,31,32,33). The van der Waals surface area contributed by atoms with E-state index in [1.807, 2.05) is 6.20 Å². The molecule has 3 unspecified atom stereocenters. The Kier molecular flexibility index (Phi) is 6.18. The van der Waals surface area contributed by atoms with Crippen LogP contribution in [0, 0.1) is 11.8 Å². The summed E-state index contributed by atoms with van der Waals surface area (Å²) in [6.45, 7) is 10.8. The molecule has 3 aromatic rings. The van der Waals surface area contributed by atoms with E-state index < -0.39 is 0 Å². The number of aromatic amines is 1. The van der Waals surface area contributed by atoms with Crippen molar-refractivity contribution in [1.82, 2.24) is 35.6 Å². The van der Waals surface area contributed by atoms with Crippen molar-refractivity contribution in [3.8, 4) is 0 Å². The van der Waals surface area contributed by atoms with E-state index >= 15 is 0 Å². The third-order valence-corrected chi connectivity index (χ3v) is 7.87. The lowest BCUT2D eigenvalue weighted by Gasteiger charge is -2.33. The fourth-order valence-corrected chi connectivity index (χ4v) is 5.49. The van der Waals surface area contributed by atoms with Gasteiger partial charge in [0, 0.05) is 57.7 Å². The molecule has 0 radical (unpaired) electrons. The second-order valence-corrected chi connectivity index (χ2v) is 10.2. The lowest BCUT2D eigenvalue weighted by molar-refractivity contribution is 0.185.